The maximum Gasteiger partial charge on any atom is 0.237 e. The lowest BCUT2D eigenvalue weighted by Gasteiger charge is -2.17. The number of aliphatic hydroxyl groups excluding tert-OH is 1. The van der Waals surface area contributed by atoms with Crippen LogP contribution in [0.15, 0.2) is 24.3 Å². The number of ether oxygens (including phenoxy) is 1. The molecule has 0 bridgehead atoms. The van der Waals surface area contributed by atoms with Gasteiger partial charge in [0, 0.05) is 12.6 Å². The molecule has 1 saturated carbocycles. The first-order valence-electron chi connectivity index (χ1n) is 7.15. The molecular formula is C15H21ClN2O3. The molecule has 0 saturated heterocycles. The number of nitrogens with one attached hydrogen (secondary N) is 2. The Kier molecular flexibility index (Phi) is 5.85. The number of hydrogen-bond donors (Lipinski definition) is 3. The van der Waals surface area contributed by atoms with E-state index in [4.69, 9.17) is 16.3 Å². The van der Waals surface area contributed by atoms with E-state index in [-0.39, 0.29) is 25.1 Å². The molecule has 0 heterocycles. The van der Waals surface area contributed by atoms with Gasteiger partial charge in [-0.15, -0.1) is 0 Å². The molecule has 2 rings (SSSR count). The molecule has 3 N–H and O–H groups in total. The molecule has 1 aliphatic carbocycles. The summed E-state index contributed by atoms with van der Waals surface area (Å²) in [6.45, 7) is 2.18. The van der Waals surface area contributed by atoms with Crippen LogP contribution in [0.3, 0.4) is 0 Å². The van der Waals surface area contributed by atoms with Gasteiger partial charge in [0.1, 0.15) is 18.5 Å². The predicted molar refractivity (Wildman–Crippen MR) is 81.6 cm³/mol. The lowest BCUT2D eigenvalue weighted by molar-refractivity contribution is -0.123. The molecule has 116 valence electrons. The van der Waals surface area contributed by atoms with Crippen LogP contribution in [0.25, 0.3) is 0 Å². The normalized spacial score (nSPS) is 17.1. The molecule has 1 aliphatic rings. The van der Waals surface area contributed by atoms with Crippen molar-refractivity contribution in [2.45, 2.75) is 38.0 Å². The molecule has 0 aromatic heterocycles. The Morgan fingerprint density at radius 1 is 1.48 bits per heavy atom. The summed E-state index contributed by atoms with van der Waals surface area (Å²) in [6.07, 6.45) is 1.41. The summed E-state index contributed by atoms with van der Waals surface area (Å²) in [7, 11) is 0. The highest BCUT2D eigenvalue weighted by molar-refractivity contribution is 6.32. The minimum Gasteiger partial charge on any atom is -0.489 e. The van der Waals surface area contributed by atoms with Crippen molar-refractivity contribution in [3.63, 3.8) is 0 Å². The summed E-state index contributed by atoms with van der Waals surface area (Å²) < 4.78 is 5.44. The molecule has 5 nitrogen and oxygen atoms in total. The van der Waals surface area contributed by atoms with Crippen molar-refractivity contribution >= 4 is 17.5 Å². The molecule has 0 aliphatic heterocycles. The molecule has 1 aromatic carbocycles. The topological polar surface area (TPSA) is 70.6 Å². The van der Waals surface area contributed by atoms with Crippen LogP contribution < -0.4 is 15.4 Å². The van der Waals surface area contributed by atoms with Gasteiger partial charge in [0.15, 0.2) is 0 Å². The highest BCUT2D eigenvalue weighted by atomic mass is 35.5. The Labute approximate surface area is 129 Å². The van der Waals surface area contributed by atoms with Gasteiger partial charge >= 0.3 is 0 Å². The van der Waals surface area contributed by atoms with Crippen molar-refractivity contribution in [3.8, 4) is 5.75 Å². The number of hydrogen-bond acceptors (Lipinski definition) is 4. The van der Waals surface area contributed by atoms with Crippen LogP contribution in [-0.4, -0.2) is 42.4 Å². The van der Waals surface area contributed by atoms with Gasteiger partial charge in [-0.25, -0.2) is 0 Å². The van der Waals surface area contributed by atoms with E-state index in [1.807, 2.05) is 12.1 Å². The van der Waals surface area contributed by atoms with E-state index >= 15 is 0 Å². The Bertz CT molecular complexity index is 480. The number of carbonyl (C=O) groups excluding carboxylic acids is 1. The van der Waals surface area contributed by atoms with Crippen LogP contribution in [0.5, 0.6) is 5.75 Å². The van der Waals surface area contributed by atoms with E-state index in [0.29, 0.717) is 16.8 Å². The summed E-state index contributed by atoms with van der Waals surface area (Å²) in [6, 6.07) is 7.11. The van der Waals surface area contributed by atoms with Crippen LogP contribution in [0.1, 0.15) is 19.8 Å². The maximum atomic E-state index is 11.7. The molecule has 1 amide bonds. The van der Waals surface area contributed by atoms with Gasteiger partial charge in [0.05, 0.1) is 11.1 Å². The summed E-state index contributed by atoms with van der Waals surface area (Å²) in [5.74, 6) is 0.509. The number of amides is 1. The third-order valence-electron chi connectivity index (χ3n) is 3.24. The van der Waals surface area contributed by atoms with Gasteiger partial charge in [0.2, 0.25) is 5.91 Å². The minimum absolute atomic E-state index is 0.0308. The second-order valence-electron chi connectivity index (χ2n) is 5.31. The van der Waals surface area contributed by atoms with Gasteiger partial charge in [0.25, 0.3) is 0 Å². The quantitative estimate of drug-likeness (QED) is 0.677. The zero-order chi connectivity index (χ0) is 15.2. The molecule has 0 spiro atoms. The number of aliphatic hydroxyl groups is 1. The lowest BCUT2D eigenvalue weighted by Crippen LogP contribution is -2.46. The van der Waals surface area contributed by atoms with Gasteiger partial charge < -0.3 is 20.5 Å². The lowest BCUT2D eigenvalue weighted by atomic mass is 10.2. The molecule has 2 atom stereocenters. The first kappa shape index (κ1) is 16.1. The molecule has 2 unspecified atom stereocenters. The predicted octanol–water partition coefficient (Wildman–Crippen LogP) is 1.34. The number of carbonyl (C=O) groups is 1. The van der Waals surface area contributed by atoms with Crippen LogP contribution in [-0.2, 0) is 4.79 Å². The first-order valence-corrected chi connectivity index (χ1v) is 7.53. The molecule has 6 heteroatoms. The highest BCUT2D eigenvalue weighted by Gasteiger charge is 2.25. The van der Waals surface area contributed by atoms with Crippen molar-refractivity contribution in [3.05, 3.63) is 29.3 Å². The second-order valence-corrected chi connectivity index (χ2v) is 5.72. The SMILES string of the molecule is CC(NCC(O)COc1ccccc1Cl)C(=O)NC1CC1. The van der Waals surface area contributed by atoms with Crippen LogP contribution in [0.2, 0.25) is 5.02 Å². The zero-order valence-corrected chi connectivity index (χ0v) is 12.8. The van der Waals surface area contributed by atoms with Crippen molar-refractivity contribution in [1.29, 1.82) is 0 Å². The second kappa shape index (κ2) is 7.64. The van der Waals surface area contributed by atoms with Crippen LogP contribution in [0.4, 0.5) is 0 Å². The van der Waals surface area contributed by atoms with Crippen molar-refractivity contribution in [2.24, 2.45) is 0 Å². The first-order chi connectivity index (χ1) is 10.1. The highest BCUT2D eigenvalue weighted by Crippen LogP contribution is 2.23. The van der Waals surface area contributed by atoms with E-state index in [1.165, 1.54) is 0 Å². The number of halogens is 1. The van der Waals surface area contributed by atoms with Crippen LogP contribution >= 0.6 is 11.6 Å². The van der Waals surface area contributed by atoms with Gasteiger partial charge in [-0.2, -0.15) is 0 Å². The Hall–Kier alpha value is -1.30. The fraction of sp³-hybridized carbons (Fsp3) is 0.533. The van der Waals surface area contributed by atoms with Gasteiger partial charge in [-0.1, -0.05) is 23.7 Å². The van der Waals surface area contributed by atoms with E-state index < -0.39 is 6.10 Å². The Balaban J connectivity index is 1.65. The fourth-order valence-corrected chi connectivity index (χ4v) is 1.96. The summed E-state index contributed by atoms with van der Waals surface area (Å²) in [5, 5.41) is 16.3. The van der Waals surface area contributed by atoms with Gasteiger partial charge in [-0.3, -0.25) is 4.79 Å². The average molecular weight is 313 g/mol. The van der Waals surface area contributed by atoms with E-state index in [2.05, 4.69) is 10.6 Å². The van der Waals surface area contributed by atoms with Crippen molar-refractivity contribution in [2.75, 3.05) is 13.2 Å². The molecule has 0 radical (unpaired) electrons. The monoisotopic (exact) mass is 312 g/mol. The Morgan fingerprint density at radius 2 is 2.19 bits per heavy atom. The molecule has 1 fully saturated rings. The average Bonchev–Trinajstić information content (AvgIpc) is 3.27. The van der Waals surface area contributed by atoms with E-state index in [0.717, 1.165) is 12.8 Å². The van der Waals surface area contributed by atoms with E-state index in [9.17, 15) is 9.90 Å². The Morgan fingerprint density at radius 3 is 2.86 bits per heavy atom. The molecular weight excluding hydrogens is 292 g/mol. The van der Waals surface area contributed by atoms with E-state index in [1.54, 1.807) is 19.1 Å². The molecule has 21 heavy (non-hydrogen) atoms. The summed E-state index contributed by atoms with van der Waals surface area (Å²) >= 11 is 5.96. The smallest absolute Gasteiger partial charge is 0.237 e. The molecule has 1 aromatic rings. The maximum absolute atomic E-state index is 11.7. The fourth-order valence-electron chi connectivity index (χ4n) is 1.77. The number of rotatable bonds is 8. The number of para-hydroxylation sites is 1. The van der Waals surface area contributed by atoms with Crippen LogP contribution in [0, 0.1) is 0 Å². The summed E-state index contributed by atoms with van der Waals surface area (Å²) in [4.78, 5) is 11.7. The standard InChI is InChI=1S/C15H21ClN2O3/c1-10(15(20)18-11-6-7-11)17-8-12(19)9-21-14-5-3-2-4-13(14)16/h2-5,10-12,17,19H,6-9H2,1H3,(H,18,20). The third kappa shape index (κ3) is 5.53. The number of benzene rings is 1. The van der Waals surface area contributed by atoms with Gasteiger partial charge in [-0.05, 0) is 31.9 Å². The van der Waals surface area contributed by atoms with Crippen molar-refractivity contribution in [1.82, 2.24) is 10.6 Å². The van der Waals surface area contributed by atoms with Crippen molar-refractivity contribution < 1.29 is 14.6 Å². The third-order valence-corrected chi connectivity index (χ3v) is 3.56. The zero-order valence-electron chi connectivity index (χ0n) is 12.0. The largest absolute Gasteiger partial charge is 0.489 e. The summed E-state index contributed by atoms with van der Waals surface area (Å²) in [5.41, 5.74) is 0. The minimum atomic E-state index is -0.711.